The molecule has 1 aromatic heterocycles. The van der Waals surface area contributed by atoms with Crippen LogP contribution in [0.4, 0.5) is 4.79 Å². The van der Waals surface area contributed by atoms with E-state index < -0.39 is 16.1 Å². The van der Waals surface area contributed by atoms with E-state index in [9.17, 15) is 13.2 Å². The van der Waals surface area contributed by atoms with Gasteiger partial charge in [-0.15, -0.1) is 0 Å². The molecule has 3 N–H and O–H groups in total. The molecule has 0 aliphatic carbocycles. The average molecular weight is 322 g/mol. The summed E-state index contributed by atoms with van der Waals surface area (Å²) in [6, 6.07) is 5.47. The molecule has 2 rings (SSSR count). The molecule has 22 heavy (non-hydrogen) atoms. The molecule has 1 aromatic carbocycles. The number of H-pyrrole nitrogens is 1. The largest absolute Gasteiger partial charge is 0.333 e. The molecular weight excluding hydrogens is 304 g/mol. The van der Waals surface area contributed by atoms with Crippen molar-refractivity contribution in [2.75, 3.05) is 0 Å². The molecule has 0 spiro atoms. The van der Waals surface area contributed by atoms with E-state index >= 15 is 0 Å². The van der Waals surface area contributed by atoms with Gasteiger partial charge in [-0.1, -0.05) is 17.7 Å². The number of sulfonamides is 1. The summed E-state index contributed by atoms with van der Waals surface area (Å²) in [5, 5.41) is 9.32. The fourth-order valence-electron chi connectivity index (χ4n) is 1.94. The lowest BCUT2D eigenvalue weighted by Gasteiger charge is -2.09. The molecule has 1 heterocycles. The topological polar surface area (TPSA) is 104 Å². The number of carbonyl (C=O) groups is 1. The summed E-state index contributed by atoms with van der Waals surface area (Å²) in [6.07, 6.45) is 0. The van der Waals surface area contributed by atoms with E-state index in [-0.39, 0.29) is 11.4 Å². The third kappa shape index (κ3) is 3.64. The highest BCUT2D eigenvalue weighted by Gasteiger charge is 2.17. The van der Waals surface area contributed by atoms with Crippen LogP contribution in [0.5, 0.6) is 0 Å². The van der Waals surface area contributed by atoms with E-state index in [4.69, 9.17) is 0 Å². The number of aromatic nitrogens is 2. The van der Waals surface area contributed by atoms with Crippen LogP contribution >= 0.6 is 0 Å². The van der Waals surface area contributed by atoms with Gasteiger partial charge in [0.1, 0.15) is 0 Å². The third-order valence-corrected chi connectivity index (χ3v) is 4.61. The summed E-state index contributed by atoms with van der Waals surface area (Å²) >= 11 is 0. The lowest BCUT2D eigenvalue weighted by molar-refractivity contribution is 0.245. The quantitative estimate of drug-likeness (QED) is 0.794. The second-order valence-corrected chi connectivity index (χ2v) is 6.70. The zero-order chi connectivity index (χ0) is 16.3. The van der Waals surface area contributed by atoms with Crippen molar-refractivity contribution in [2.24, 2.45) is 0 Å². The number of rotatable bonds is 4. The van der Waals surface area contributed by atoms with Gasteiger partial charge in [-0.2, -0.15) is 5.10 Å². The highest BCUT2D eigenvalue weighted by Crippen LogP contribution is 2.10. The van der Waals surface area contributed by atoms with E-state index in [0.717, 1.165) is 22.5 Å². The summed E-state index contributed by atoms with van der Waals surface area (Å²) in [5.74, 6) is 0. The number of nitrogens with zero attached hydrogens (tertiary/aromatic N) is 1. The van der Waals surface area contributed by atoms with Crippen molar-refractivity contribution in [3.63, 3.8) is 0 Å². The Bertz CT molecular complexity index is 759. The molecule has 0 radical (unpaired) electrons. The van der Waals surface area contributed by atoms with Crippen molar-refractivity contribution >= 4 is 16.1 Å². The number of aromatic amines is 1. The SMILES string of the molecule is Cc1ccc(S(=O)(=O)NC(=O)NCc2c(C)n[nH]c2C)cc1. The molecule has 0 unspecified atom stereocenters. The Kier molecular flexibility index (Phi) is 4.51. The molecule has 0 aliphatic rings. The van der Waals surface area contributed by atoms with Crippen LogP contribution in [0.25, 0.3) is 0 Å². The summed E-state index contributed by atoms with van der Waals surface area (Å²) < 4.78 is 26.1. The van der Waals surface area contributed by atoms with Gasteiger partial charge >= 0.3 is 6.03 Å². The smallest absolute Gasteiger partial charge is 0.328 e. The fourth-order valence-corrected chi connectivity index (χ4v) is 2.87. The monoisotopic (exact) mass is 322 g/mol. The van der Waals surface area contributed by atoms with Crippen LogP contribution in [-0.4, -0.2) is 24.6 Å². The number of amides is 2. The van der Waals surface area contributed by atoms with Crippen molar-refractivity contribution in [3.05, 3.63) is 46.8 Å². The van der Waals surface area contributed by atoms with Gasteiger partial charge in [-0.25, -0.2) is 17.9 Å². The number of hydrogen-bond acceptors (Lipinski definition) is 4. The first-order valence-corrected chi connectivity index (χ1v) is 8.15. The van der Waals surface area contributed by atoms with Gasteiger partial charge in [0.2, 0.25) is 0 Å². The van der Waals surface area contributed by atoms with Crippen LogP contribution in [-0.2, 0) is 16.6 Å². The fraction of sp³-hybridized carbons (Fsp3) is 0.286. The number of aryl methyl sites for hydroxylation is 3. The normalized spacial score (nSPS) is 11.2. The highest BCUT2D eigenvalue weighted by molar-refractivity contribution is 7.90. The van der Waals surface area contributed by atoms with E-state index in [2.05, 4.69) is 15.5 Å². The summed E-state index contributed by atoms with van der Waals surface area (Å²) in [7, 11) is -3.87. The van der Waals surface area contributed by atoms with Crippen LogP contribution in [0.2, 0.25) is 0 Å². The Morgan fingerprint density at radius 1 is 1.18 bits per heavy atom. The highest BCUT2D eigenvalue weighted by atomic mass is 32.2. The van der Waals surface area contributed by atoms with Crippen molar-refractivity contribution in [2.45, 2.75) is 32.2 Å². The molecule has 0 aliphatic heterocycles. The molecule has 7 nitrogen and oxygen atoms in total. The first-order chi connectivity index (χ1) is 10.3. The van der Waals surface area contributed by atoms with Gasteiger partial charge in [0.05, 0.1) is 10.6 Å². The number of nitrogens with one attached hydrogen (secondary N) is 3. The molecule has 0 bridgehead atoms. The van der Waals surface area contributed by atoms with Crippen molar-refractivity contribution in [1.29, 1.82) is 0 Å². The Labute approximate surface area is 129 Å². The van der Waals surface area contributed by atoms with E-state index in [1.807, 2.05) is 25.5 Å². The minimum absolute atomic E-state index is 0.0453. The number of urea groups is 1. The predicted octanol–water partition coefficient (Wildman–Crippen LogP) is 1.52. The van der Waals surface area contributed by atoms with Gasteiger partial charge in [0.15, 0.2) is 0 Å². The van der Waals surface area contributed by atoms with Crippen LogP contribution < -0.4 is 10.0 Å². The molecule has 118 valence electrons. The second kappa shape index (κ2) is 6.18. The van der Waals surface area contributed by atoms with Gasteiger partial charge in [-0.05, 0) is 32.9 Å². The van der Waals surface area contributed by atoms with Gasteiger partial charge in [0.25, 0.3) is 10.0 Å². The summed E-state index contributed by atoms with van der Waals surface area (Å²) in [5.41, 5.74) is 3.37. The van der Waals surface area contributed by atoms with E-state index in [0.29, 0.717) is 0 Å². The van der Waals surface area contributed by atoms with Crippen molar-refractivity contribution < 1.29 is 13.2 Å². The van der Waals surface area contributed by atoms with E-state index in [1.54, 1.807) is 12.1 Å². The van der Waals surface area contributed by atoms with Crippen molar-refractivity contribution in [1.82, 2.24) is 20.2 Å². The Balaban J connectivity index is 2.01. The Morgan fingerprint density at radius 2 is 1.82 bits per heavy atom. The van der Waals surface area contributed by atoms with Crippen LogP contribution in [0, 0.1) is 20.8 Å². The van der Waals surface area contributed by atoms with Gasteiger partial charge in [0, 0.05) is 17.8 Å². The van der Waals surface area contributed by atoms with Gasteiger partial charge in [-0.3, -0.25) is 5.10 Å². The van der Waals surface area contributed by atoms with Crippen LogP contribution in [0.1, 0.15) is 22.5 Å². The maximum Gasteiger partial charge on any atom is 0.328 e. The lowest BCUT2D eigenvalue weighted by Crippen LogP contribution is -2.39. The Morgan fingerprint density at radius 3 is 2.36 bits per heavy atom. The molecule has 0 fully saturated rings. The first kappa shape index (κ1) is 16.0. The summed E-state index contributed by atoms with van der Waals surface area (Å²) in [6.45, 7) is 5.69. The predicted molar refractivity (Wildman–Crippen MR) is 81.8 cm³/mol. The second-order valence-electron chi connectivity index (χ2n) is 5.01. The number of carbonyl (C=O) groups excluding carboxylic acids is 1. The maximum absolute atomic E-state index is 12.1. The van der Waals surface area contributed by atoms with Crippen molar-refractivity contribution in [3.8, 4) is 0 Å². The summed E-state index contributed by atoms with van der Waals surface area (Å²) in [4.78, 5) is 11.8. The maximum atomic E-state index is 12.1. The number of hydrogen-bond donors (Lipinski definition) is 3. The molecule has 0 atom stereocenters. The first-order valence-electron chi connectivity index (χ1n) is 6.67. The third-order valence-electron chi connectivity index (χ3n) is 3.26. The Hall–Kier alpha value is -2.35. The molecule has 2 amide bonds. The average Bonchev–Trinajstić information content (AvgIpc) is 2.76. The van der Waals surface area contributed by atoms with Crippen LogP contribution in [0.15, 0.2) is 29.2 Å². The number of benzene rings is 1. The standard InChI is InChI=1S/C14H18N4O3S/c1-9-4-6-12(7-5-9)22(20,21)18-14(19)15-8-13-10(2)16-17-11(13)3/h4-7H,8H2,1-3H3,(H,16,17)(H2,15,18,19). The van der Waals surface area contributed by atoms with Crippen LogP contribution in [0.3, 0.4) is 0 Å². The molecular formula is C14H18N4O3S. The minimum atomic E-state index is -3.87. The molecule has 8 heteroatoms. The lowest BCUT2D eigenvalue weighted by atomic mass is 10.2. The minimum Gasteiger partial charge on any atom is -0.333 e. The molecule has 0 saturated heterocycles. The molecule has 2 aromatic rings. The van der Waals surface area contributed by atoms with Gasteiger partial charge < -0.3 is 5.32 Å². The molecule has 0 saturated carbocycles. The van der Waals surface area contributed by atoms with E-state index in [1.165, 1.54) is 12.1 Å². The zero-order valence-corrected chi connectivity index (χ0v) is 13.4. The zero-order valence-electron chi connectivity index (χ0n) is 12.6.